The molecule has 0 aliphatic rings. The molecule has 2 aromatic rings. The van der Waals surface area contributed by atoms with Crippen molar-refractivity contribution in [3.05, 3.63) is 154 Å². The average molecular weight is 1480 g/mol. The summed E-state index contributed by atoms with van der Waals surface area (Å²) in [6.45, 7) is 21.0. The standard InChI is InChI=1S/C98H164N2.Pd/c1-10-19-28-36-44-52-60-68-76-88-85-97(95(83-74-66-58-50-42-34-25-16-7)93(81-72-64-56-48-40-32-23-14-5)91(88)79-70-62-54-46-38-30-21-12-3)99-87-90(78-27-18-9)100-98-86-89(77-69-61-53-45-37-29-20-11-2)92(80-71-63-55-47-39-31-22-13-4)94(82-73-65-57-49-41-33-24-15-6)96(98)84-75-67-59-51-43-35-26-17-8;/h52-67,85-87H,10-51,68-84H2,1-9H3;/q;+2/b60-52+,61-53+,62-54+,63-55+,64-56+,65-57+,66-58+,67-59+,99-87+,100-90+;. The molecule has 0 N–H and O–H groups in total. The van der Waals surface area contributed by atoms with Gasteiger partial charge in [0.05, 0.1) is 17.1 Å². The van der Waals surface area contributed by atoms with E-state index in [0.29, 0.717) is 0 Å². The second-order valence-electron chi connectivity index (χ2n) is 29.8. The van der Waals surface area contributed by atoms with Crippen molar-refractivity contribution in [1.82, 2.24) is 0 Å². The van der Waals surface area contributed by atoms with Gasteiger partial charge in [0.25, 0.3) is 0 Å². The van der Waals surface area contributed by atoms with Gasteiger partial charge in [0.2, 0.25) is 0 Å². The van der Waals surface area contributed by atoms with E-state index < -0.39 is 0 Å². The zero-order chi connectivity index (χ0) is 71.9. The summed E-state index contributed by atoms with van der Waals surface area (Å²) in [4.78, 5) is 12.0. The number of hydrogen-bond donors (Lipinski definition) is 0. The van der Waals surface area contributed by atoms with Gasteiger partial charge in [0.1, 0.15) is 0 Å². The molecule has 0 saturated carbocycles. The van der Waals surface area contributed by atoms with Crippen LogP contribution in [0, 0.1) is 0 Å². The van der Waals surface area contributed by atoms with Crippen LogP contribution in [-0.2, 0) is 71.8 Å². The third kappa shape index (κ3) is 51.3. The fourth-order valence-corrected chi connectivity index (χ4v) is 14.2. The van der Waals surface area contributed by atoms with Crippen molar-refractivity contribution in [3.8, 4) is 0 Å². The zero-order valence-electron chi connectivity index (χ0n) is 68.4. The van der Waals surface area contributed by atoms with Crippen LogP contribution in [0.1, 0.15) is 434 Å². The van der Waals surface area contributed by atoms with Crippen LogP contribution in [-0.4, -0.2) is 11.9 Å². The summed E-state index contributed by atoms with van der Waals surface area (Å²) in [6, 6.07) is 5.22. The second-order valence-corrected chi connectivity index (χ2v) is 29.8. The first-order valence-electron chi connectivity index (χ1n) is 44.1. The molecule has 2 rings (SSSR count). The van der Waals surface area contributed by atoms with E-state index in [2.05, 4.69) is 178 Å². The van der Waals surface area contributed by atoms with E-state index in [1.165, 1.54) is 290 Å². The van der Waals surface area contributed by atoms with Crippen LogP contribution in [0.2, 0.25) is 0 Å². The minimum absolute atomic E-state index is 0. The van der Waals surface area contributed by atoms with Gasteiger partial charge in [-0.05, 0) is 275 Å². The van der Waals surface area contributed by atoms with E-state index in [9.17, 15) is 0 Å². The van der Waals surface area contributed by atoms with Crippen molar-refractivity contribution < 1.29 is 20.4 Å². The van der Waals surface area contributed by atoms with E-state index in [0.717, 1.165) is 128 Å². The number of nitrogens with zero attached hydrogens (tertiary/aromatic N) is 2. The fourth-order valence-electron chi connectivity index (χ4n) is 14.2. The number of rotatable bonds is 70. The minimum atomic E-state index is 0. The van der Waals surface area contributed by atoms with Gasteiger partial charge in [-0.3, -0.25) is 9.98 Å². The second kappa shape index (κ2) is 73.3. The number of benzene rings is 2. The third-order valence-corrected chi connectivity index (χ3v) is 20.5. The van der Waals surface area contributed by atoms with Crippen molar-refractivity contribution in [2.24, 2.45) is 9.98 Å². The monoisotopic (exact) mass is 1480 g/mol. The number of unbranched alkanes of at least 4 members (excludes halogenated alkanes) is 33. The molecule has 0 heterocycles. The summed E-state index contributed by atoms with van der Waals surface area (Å²) in [5.74, 6) is 0. The molecule has 0 saturated heterocycles. The van der Waals surface area contributed by atoms with Gasteiger partial charge in [-0.25, -0.2) is 0 Å². The molecule has 0 aliphatic carbocycles. The Morgan fingerprint density at radius 1 is 0.228 bits per heavy atom. The Balaban J connectivity index is 0.0000510. The Labute approximate surface area is 644 Å². The molecule has 0 fully saturated rings. The molecule has 0 spiro atoms. The molecule has 2 nitrogen and oxygen atoms in total. The van der Waals surface area contributed by atoms with Crippen LogP contribution in [0.15, 0.2) is 119 Å². The summed E-state index contributed by atoms with van der Waals surface area (Å²) < 4.78 is 0. The molecule has 0 atom stereocenters. The van der Waals surface area contributed by atoms with Gasteiger partial charge in [0, 0.05) is 6.21 Å². The number of hydrogen-bond acceptors (Lipinski definition) is 2. The van der Waals surface area contributed by atoms with Gasteiger partial charge in [-0.15, -0.1) is 0 Å². The zero-order valence-corrected chi connectivity index (χ0v) is 70.0. The van der Waals surface area contributed by atoms with Crippen molar-refractivity contribution >= 4 is 23.3 Å². The summed E-state index contributed by atoms with van der Waals surface area (Å²) >= 11 is 0. The van der Waals surface area contributed by atoms with E-state index in [4.69, 9.17) is 9.98 Å². The van der Waals surface area contributed by atoms with E-state index in [1.54, 1.807) is 22.3 Å². The van der Waals surface area contributed by atoms with Gasteiger partial charge in [-0.2, -0.15) is 0 Å². The average Bonchev–Trinajstić information content (AvgIpc) is 0.799. The predicted octanol–water partition coefficient (Wildman–Crippen LogP) is 33.0. The van der Waals surface area contributed by atoms with Crippen molar-refractivity contribution in [1.29, 1.82) is 0 Å². The maximum Gasteiger partial charge on any atom is 2.00 e. The summed E-state index contributed by atoms with van der Waals surface area (Å²) in [5.41, 5.74) is 16.1. The Bertz CT molecular complexity index is 2520. The smallest absolute Gasteiger partial charge is 0.255 e. The predicted molar refractivity (Wildman–Crippen MR) is 457 cm³/mol. The Morgan fingerprint density at radius 3 is 0.713 bits per heavy atom. The van der Waals surface area contributed by atoms with Crippen LogP contribution < -0.4 is 0 Å². The summed E-state index contributed by atoms with van der Waals surface area (Å²) in [5, 5.41) is 0. The Morgan fingerprint density at radius 2 is 0.446 bits per heavy atom. The van der Waals surface area contributed by atoms with Gasteiger partial charge in [-0.1, -0.05) is 320 Å². The quantitative estimate of drug-likeness (QED) is 0.0273. The van der Waals surface area contributed by atoms with Crippen LogP contribution in [0.5, 0.6) is 0 Å². The largest absolute Gasteiger partial charge is 2.00 e. The number of allylic oxidation sites excluding steroid dienone is 16. The molecule has 2 aromatic carbocycles. The van der Waals surface area contributed by atoms with Crippen LogP contribution in [0.4, 0.5) is 11.4 Å². The normalized spacial score (nSPS) is 12.6. The van der Waals surface area contributed by atoms with Gasteiger partial charge >= 0.3 is 20.4 Å². The Kier molecular flexibility index (Phi) is 69.2. The van der Waals surface area contributed by atoms with Crippen molar-refractivity contribution in [2.45, 2.75) is 441 Å². The topological polar surface area (TPSA) is 24.7 Å². The number of aryl methyl sites for hydroxylation is 2. The first-order chi connectivity index (χ1) is 49.5. The SMILES string of the molecule is CCCCCC/C=C/CCc1cc(/N=C/C(CCCC)=N/c2cc(CC/C=C/CCCCCC)c(CC/C=C/CCCCCC)c(CC/C=C/CCCCCC)c2CC/C=C/CCCCCC)c(CC/C=C/CCCCCC)c(CC/C=C/CCCCCC)c1CC/C=C/CCCCCC.[Pd+2]. The molecular formula is C98H164N2Pd+2. The summed E-state index contributed by atoms with van der Waals surface area (Å²) in [7, 11) is 0. The van der Waals surface area contributed by atoms with Gasteiger partial charge in [0.15, 0.2) is 0 Å². The molecule has 0 radical (unpaired) electrons. The third-order valence-electron chi connectivity index (χ3n) is 20.5. The molecule has 574 valence electrons. The fraction of sp³-hybridized carbons (Fsp3) is 0.694. The molecule has 101 heavy (non-hydrogen) atoms. The molecule has 0 aromatic heterocycles. The molecule has 0 aliphatic heterocycles. The first kappa shape index (κ1) is 95.4. The molecule has 0 bridgehead atoms. The first-order valence-corrected chi connectivity index (χ1v) is 44.1. The molecule has 0 unspecified atom stereocenters. The van der Waals surface area contributed by atoms with E-state index in [-0.39, 0.29) is 20.4 Å². The molecule has 0 amide bonds. The van der Waals surface area contributed by atoms with Crippen LogP contribution >= 0.6 is 0 Å². The van der Waals surface area contributed by atoms with Gasteiger partial charge < -0.3 is 0 Å². The minimum Gasteiger partial charge on any atom is -0.255 e. The maximum atomic E-state index is 6.08. The Hall–Kier alpha value is -3.64. The van der Waals surface area contributed by atoms with Crippen LogP contribution in [0.25, 0.3) is 0 Å². The maximum absolute atomic E-state index is 6.08. The number of aliphatic imine (C=N–C) groups is 2. The van der Waals surface area contributed by atoms with E-state index >= 15 is 0 Å². The van der Waals surface area contributed by atoms with Crippen molar-refractivity contribution in [3.63, 3.8) is 0 Å². The van der Waals surface area contributed by atoms with Crippen LogP contribution in [0.3, 0.4) is 0 Å². The summed E-state index contributed by atoms with van der Waals surface area (Å²) in [6.07, 6.45) is 115. The molecule has 3 heteroatoms. The van der Waals surface area contributed by atoms with E-state index in [1.807, 2.05) is 0 Å². The van der Waals surface area contributed by atoms with Crippen molar-refractivity contribution in [2.75, 3.05) is 0 Å². The molecular weight excluding hydrogens is 1310 g/mol.